The van der Waals surface area contributed by atoms with E-state index in [1.807, 2.05) is 12.3 Å². The molecule has 2 aromatic rings. The Balaban J connectivity index is 2.05. The zero-order valence-corrected chi connectivity index (χ0v) is 9.65. The number of nitrogens with two attached hydrogens (primary N) is 1. The highest BCUT2D eigenvalue weighted by molar-refractivity contribution is 5.40. The molecule has 3 N–H and O–H groups in total. The molecule has 2 heterocycles. The van der Waals surface area contributed by atoms with Crippen LogP contribution in [0, 0.1) is 0 Å². The molecule has 3 rings (SSSR count). The van der Waals surface area contributed by atoms with Crippen molar-refractivity contribution in [2.45, 2.75) is 12.0 Å². The van der Waals surface area contributed by atoms with Crippen molar-refractivity contribution in [1.82, 2.24) is 4.98 Å². The molecule has 0 amide bonds. The van der Waals surface area contributed by atoms with Crippen LogP contribution in [0.1, 0.15) is 16.8 Å². The Morgan fingerprint density at radius 3 is 2.71 bits per heavy atom. The van der Waals surface area contributed by atoms with E-state index in [9.17, 15) is 0 Å². The van der Waals surface area contributed by atoms with Crippen molar-refractivity contribution in [2.24, 2.45) is 5.73 Å². The number of rotatable bonds is 3. The van der Waals surface area contributed by atoms with Crippen LogP contribution in [0.15, 0.2) is 42.6 Å². The second kappa shape index (κ2) is 4.02. The van der Waals surface area contributed by atoms with E-state index in [2.05, 4.69) is 35.3 Å². The number of ether oxygens (including phenoxy) is 1. The maximum atomic E-state index is 5.70. The van der Waals surface area contributed by atoms with Crippen molar-refractivity contribution < 1.29 is 4.74 Å². The molecule has 1 saturated heterocycles. The highest BCUT2D eigenvalue weighted by Gasteiger charge is 2.42. The molecule has 1 aromatic heterocycles. The van der Waals surface area contributed by atoms with Gasteiger partial charge in [-0.3, -0.25) is 0 Å². The van der Waals surface area contributed by atoms with Gasteiger partial charge in [0.15, 0.2) is 0 Å². The number of nitrogens with one attached hydrogen (secondary N) is 1. The van der Waals surface area contributed by atoms with Gasteiger partial charge in [-0.1, -0.05) is 24.3 Å². The first-order chi connectivity index (χ1) is 8.35. The molecule has 0 bridgehead atoms. The van der Waals surface area contributed by atoms with Gasteiger partial charge in [0.25, 0.3) is 0 Å². The van der Waals surface area contributed by atoms with Gasteiger partial charge in [0.05, 0.1) is 18.6 Å². The fourth-order valence-electron chi connectivity index (χ4n) is 2.41. The molecule has 0 spiro atoms. The van der Waals surface area contributed by atoms with Gasteiger partial charge in [-0.05, 0) is 23.3 Å². The molecule has 1 fully saturated rings. The first kappa shape index (κ1) is 10.6. The predicted molar refractivity (Wildman–Crippen MR) is 66.7 cm³/mol. The first-order valence-electron chi connectivity index (χ1n) is 5.86. The smallest absolute Gasteiger partial charge is 0.0819 e. The molecule has 0 saturated carbocycles. The van der Waals surface area contributed by atoms with Crippen molar-refractivity contribution >= 4 is 0 Å². The third kappa shape index (κ3) is 1.59. The van der Waals surface area contributed by atoms with Crippen LogP contribution in [0.3, 0.4) is 0 Å². The minimum absolute atomic E-state index is 0.00528. The monoisotopic (exact) mass is 228 g/mol. The molecule has 0 aliphatic carbocycles. The summed E-state index contributed by atoms with van der Waals surface area (Å²) in [6.07, 6.45) is 1.96. The van der Waals surface area contributed by atoms with E-state index < -0.39 is 0 Å². The minimum atomic E-state index is -0.00528. The second-order valence-corrected chi connectivity index (χ2v) is 4.56. The highest BCUT2D eigenvalue weighted by Crippen LogP contribution is 2.38. The summed E-state index contributed by atoms with van der Waals surface area (Å²) in [7, 11) is 0. The average Bonchev–Trinajstić information content (AvgIpc) is 2.82. The summed E-state index contributed by atoms with van der Waals surface area (Å²) in [6, 6.07) is 12.6. The molecule has 0 unspecified atom stereocenters. The van der Waals surface area contributed by atoms with Gasteiger partial charge < -0.3 is 15.5 Å². The number of benzene rings is 1. The molecule has 17 heavy (non-hydrogen) atoms. The summed E-state index contributed by atoms with van der Waals surface area (Å²) >= 11 is 0. The van der Waals surface area contributed by atoms with Crippen LogP contribution >= 0.6 is 0 Å². The number of aromatic amines is 1. The fourth-order valence-corrected chi connectivity index (χ4v) is 2.41. The Kier molecular flexibility index (Phi) is 2.50. The maximum Gasteiger partial charge on any atom is 0.0819 e. The summed E-state index contributed by atoms with van der Waals surface area (Å²) in [5.74, 6) is 0. The van der Waals surface area contributed by atoms with Crippen LogP contribution < -0.4 is 5.73 Å². The number of hydrogen-bond acceptors (Lipinski definition) is 2. The average molecular weight is 228 g/mol. The van der Waals surface area contributed by atoms with E-state index in [-0.39, 0.29) is 5.41 Å². The number of H-pyrrole nitrogens is 1. The second-order valence-electron chi connectivity index (χ2n) is 4.56. The number of aromatic nitrogens is 1. The largest absolute Gasteiger partial charge is 0.379 e. The first-order valence-corrected chi connectivity index (χ1v) is 5.86. The quantitative estimate of drug-likeness (QED) is 0.841. The molecule has 1 aliphatic rings. The lowest BCUT2D eigenvalue weighted by Gasteiger charge is -2.41. The molecule has 3 nitrogen and oxygen atoms in total. The maximum absolute atomic E-state index is 5.70. The lowest BCUT2D eigenvalue weighted by molar-refractivity contribution is -0.0398. The van der Waals surface area contributed by atoms with Gasteiger partial charge in [0.2, 0.25) is 0 Å². The van der Waals surface area contributed by atoms with Gasteiger partial charge in [-0.2, -0.15) is 0 Å². The van der Waals surface area contributed by atoms with Crippen LogP contribution in [-0.2, 0) is 16.7 Å². The van der Waals surface area contributed by atoms with Crippen LogP contribution in [0.5, 0.6) is 0 Å². The van der Waals surface area contributed by atoms with E-state index in [1.54, 1.807) is 0 Å². The van der Waals surface area contributed by atoms with Gasteiger partial charge in [0, 0.05) is 18.4 Å². The van der Waals surface area contributed by atoms with Gasteiger partial charge >= 0.3 is 0 Å². The van der Waals surface area contributed by atoms with Crippen LogP contribution in [0.25, 0.3) is 0 Å². The predicted octanol–water partition coefficient (Wildman–Crippen LogP) is 1.79. The topological polar surface area (TPSA) is 51.0 Å². The third-order valence-corrected chi connectivity index (χ3v) is 3.53. The van der Waals surface area contributed by atoms with Gasteiger partial charge in [0.1, 0.15) is 0 Å². The Hall–Kier alpha value is -1.58. The molecule has 0 atom stereocenters. The van der Waals surface area contributed by atoms with Crippen LogP contribution in [0.2, 0.25) is 0 Å². The summed E-state index contributed by atoms with van der Waals surface area (Å²) < 4.78 is 5.44. The van der Waals surface area contributed by atoms with E-state index in [0.29, 0.717) is 6.54 Å². The lowest BCUT2D eigenvalue weighted by atomic mass is 9.75. The van der Waals surface area contributed by atoms with Crippen LogP contribution in [0.4, 0.5) is 0 Å². The zero-order chi connectivity index (χ0) is 11.7. The molecule has 0 radical (unpaired) electrons. The molecular weight excluding hydrogens is 212 g/mol. The summed E-state index contributed by atoms with van der Waals surface area (Å²) in [5.41, 5.74) is 9.37. The van der Waals surface area contributed by atoms with E-state index >= 15 is 0 Å². The van der Waals surface area contributed by atoms with Gasteiger partial charge in [-0.15, -0.1) is 0 Å². The van der Waals surface area contributed by atoms with Crippen molar-refractivity contribution in [2.75, 3.05) is 13.2 Å². The molecule has 1 aliphatic heterocycles. The third-order valence-electron chi connectivity index (χ3n) is 3.53. The number of hydrogen-bond donors (Lipinski definition) is 2. The lowest BCUT2D eigenvalue weighted by Crippen LogP contribution is -2.48. The summed E-state index contributed by atoms with van der Waals surface area (Å²) in [5, 5.41) is 0. The van der Waals surface area contributed by atoms with E-state index in [4.69, 9.17) is 10.5 Å². The van der Waals surface area contributed by atoms with Crippen molar-refractivity contribution in [3.63, 3.8) is 0 Å². The fraction of sp³-hybridized carbons (Fsp3) is 0.286. The van der Waals surface area contributed by atoms with E-state index in [0.717, 1.165) is 13.2 Å². The van der Waals surface area contributed by atoms with E-state index in [1.165, 1.54) is 16.8 Å². The molecule has 88 valence electrons. The Bertz CT molecular complexity index is 501. The van der Waals surface area contributed by atoms with Crippen molar-refractivity contribution in [3.05, 3.63) is 59.4 Å². The Labute approximate surface area is 101 Å². The Morgan fingerprint density at radius 1 is 1.24 bits per heavy atom. The molecular formula is C14H16N2O. The minimum Gasteiger partial charge on any atom is -0.379 e. The summed E-state index contributed by atoms with van der Waals surface area (Å²) in [6.45, 7) is 2.05. The standard InChI is InChI=1S/C14H16N2O/c15-8-11-3-1-4-12(7-11)14(9-17-10-14)13-5-2-6-16-13/h1-7,16H,8-10,15H2. The Morgan fingerprint density at radius 2 is 2.12 bits per heavy atom. The zero-order valence-electron chi connectivity index (χ0n) is 9.65. The highest BCUT2D eigenvalue weighted by atomic mass is 16.5. The van der Waals surface area contributed by atoms with Gasteiger partial charge in [-0.25, -0.2) is 0 Å². The van der Waals surface area contributed by atoms with Crippen molar-refractivity contribution in [3.8, 4) is 0 Å². The van der Waals surface area contributed by atoms with Crippen LogP contribution in [-0.4, -0.2) is 18.2 Å². The summed E-state index contributed by atoms with van der Waals surface area (Å²) in [4.78, 5) is 3.30. The molecule has 3 heteroatoms. The SMILES string of the molecule is NCc1cccc(C2(c3ccc[nH]3)COC2)c1. The van der Waals surface area contributed by atoms with Crippen molar-refractivity contribution in [1.29, 1.82) is 0 Å². The molecule has 1 aromatic carbocycles. The normalized spacial score (nSPS) is 17.7.